The zero-order valence-corrected chi connectivity index (χ0v) is 15.1. The summed E-state index contributed by atoms with van der Waals surface area (Å²) in [4.78, 5) is 19.4. The molecule has 0 aliphatic carbocycles. The van der Waals surface area contributed by atoms with Crippen LogP contribution in [0.3, 0.4) is 0 Å². The number of aryl methyl sites for hydroxylation is 1. The molecule has 8 nitrogen and oxygen atoms in total. The highest BCUT2D eigenvalue weighted by Gasteiger charge is 2.31. The summed E-state index contributed by atoms with van der Waals surface area (Å²) in [6.07, 6.45) is 5.46. The summed E-state index contributed by atoms with van der Waals surface area (Å²) in [5.74, 6) is 1.90. The maximum absolute atomic E-state index is 12.9. The van der Waals surface area contributed by atoms with Gasteiger partial charge < -0.3 is 14.2 Å². The van der Waals surface area contributed by atoms with Crippen molar-refractivity contribution in [1.82, 2.24) is 24.8 Å². The molecule has 0 aromatic carbocycles. The lowest BCUT2D eigenvalue weighted by atomic mass is 9.97. The first kappa shape index (κ1) is 17.2. The molecular weight excluding hydrogens is 334 g/mol. The second-order valence-corrected chi connectivity index (χ2v) is 7.00. The van der Waals surface area contributed by atoms with Crippen LogP contribution in [0.4, 0.5) is 0 Å². The topological polar surface area (TPSA) is 86.3 Å². The minimum Gasteiger partial charge on any atom is -0.381 e. The number of hydrogen-bond donors (Lipinski definition) is 0. The van der Waals surface area contributed by atoms with Crippen LogP contribution in [0.5, 0.6) is 0 Å². The highest BCUT2D eigenvalue weighted by atomic mass is 16.5. The van der Waals surface area contributed by atoms with Crippen LogP contribution >= 0.6 is 0 Å². The molecule has 0 spiro atoms. The number of amides is 1. The van der Waals surface area contributed by atoms with E-state index in [1.807, 2.05) is 11.8 Å². The first-order chi connectivity index (χ1) is 12.8. The monoisotopic (exact) mass is 359 g/mol. The third-order valence-electron chi connectivity index (χ3n) is 5.34. The average molecular weight is 359 g/mol. The van der Waals surface area contributed by atoms with Gasteiger partial charge in [-0.3, -0.25) is 9.48 Å². The summed E-state index contributed by atoms with van der Waals surface area (Å²) in [6.45, 7) is 5.55. The largest absolute Gasteiger partial charge is 0.381 e. The summed E-state index contributed by atoms with van der Waals surface area (Å²) in [5.41, 5.74) is 0.640. The van der Waals surface area contributed by atoms with E-state index in [0.29, 0.717) is 30.6 Å². The van der Waals surface area contributed by atoms with Gasteiger partial charge in [0, 0.05) is 45.0 Å². The molecule has 0 saturated carbocycles. The fourth-order valence-corrected chi connectivity index (χ4v) is 3.83. The van der Waals surface area contributed by atoms with Crippen LogP contribution in [0.25, 0.3) is 0 Å². The molecular formula is C18H25N5O3. The smallest absolute Gasteiger partial charge is 0.272 e. The van der Waals surface area contributed by atoms with Crippen molar-refractivity contribution < 1.29 is 14.1 Å². The zero-order chi connectivity index (χ0) is 17.9. The Kier molecular flexibility index (Phi) is 5.01. The van der Waals surface area contributed by atoms with Gasteiger partial charge in [0.2, 0.25) is 5.89 Å². The van der Waals surface area contributed by atoms with Gasteiger partial charge in [0.1, 0.15) is 5.69 Å². The van der Waals surface area contributed by atoms with Crippen LogP contribution in [0, 0.1) is 0 Å². The van der Waals surface area contributed by atoms with E-state index in [2.05, 4.69) is 15.2 Å². The van der Waals surface area contributed by atoms with Gasteiger partial charge in [-0.25, -0.2) is 0 Å². The van der Waals surface area contributed by atoms with Crippen LogP contribution in [0.2, 0.25) is 0 Å². The molecule has 2 aromatic heterocycles. The van der Waals surface area contributed by atoms with Crippen molar-refractivity contribution in [2.75, 3.05) is 26.3 Å². The molecule has 4 heterocycles. The average Bonchev–Trinajstić information content (AvgIpc) is 3.37. The molecule has 0 bridgehead atoms. The van der Waals surface area contributed by atoms with Gasteiger partial charge in [-0.1, -0.05) is 5.16 Å². The van der Waals surface area contributed by atoms with E-state index < -0.39 is 0 Å². The van der Waals surface area contributed by atoms with Gasteiger partial charge in [0.15, 0.2) is 5.82 Å². The lowest BCUT2D eigenvalue weighted by Crippen LogP contribution is -2.40. The van der Waals surface area contributed by atoms with Gasteiger partial charge in [-0.2, -0.15) is 10.1 Å². The molecule has 4 rings (SSSR count). The van der Waals surface area contributed by atoms with Crippen molar-refractivity contribution in [1.29, 1.82) is 0 Å². The van der Waals surface area contributed by atoms with Gasteiger partial charge in [-0.15, -0.1) is 0 Å². The summed E-state index contributed by atoms with van der Waals surface area (Å²) < 4.78 is 12.7. The normalized spacial score (nSPS) is 21.9. The first-order valence-corrected chi connectivity index (χ1v) is 9.48. The third kappa shape index (κ3) is 3.38. The Hall–Kier alpha value is -2.22. The fraction of sp³-hybridized carbons (Fsp3) is 0.667. The maximum Gasteiger partial charge on any atom is 0.272 e. The Balaban J connectivity index is 1.45. The number of piperidine rings is 1. The molecule has 8 heteroatoms. The van der Waals surface area contributed by atoms with Crippen molar-refractivity contribution in [3.05, 3.63) is 29.7 Å². The standard InChI is InChI=1S/C18H25N5O3/c1-2-23-15(5-8-19-23)18(24)22-9-3-4-14(12-22)17-20-16(21-26-17)13-6-10-25-11-7-13/h5,8,13-14H,2-4,6-7,9-12H2,1H3. The maximum atomic E-state index is 12.9. The summed E-state index contributed by atoms with van der Waals surface area (Å²) in [6, 6.07) is 1.78. The number of nitrogens with zero attached hydrogens (tertiary/aromatic N) is 5. The third-order valence-corrected chi connectivity index (χ3v) is 5.34. The van der Waals surface area contributed by atoms with E-state index in [1.165, 1.54) is 0 Å². The van der Waals surface area contributed by atoms with Crippen LogP contribution < -0.4 is 0 Å². The number of rotatable bonds is 4. The Morgan fingerprint density at radius 1 is 1.27 bits per heavy atom. The number of aromatic nitrogens is 4. The predicted molar refractivity (Wildman–Crippen MR) is 92.9 cm³/mol. The molecule has 2 aliphatic rings. The molecule has 1 atom stereocenters. The lowest BCUT2D eigenvalue weighted by Gasteiger charge is -2.31. The number of hydrogen-bond acceptors (Lipinski definition) is 6. The Bertz CT molecular complexity index is 750. The molecule has 2 aromatic rings. The van der Waals surface area contributed by atoms with E-state index in [-0.39, 0.29) is 11.8 Å². The molecule has 0 N–H and O–H groups in total. The van der Waals surface area contributed by atoms with Crippen molar-refractivity contribution in [3.63, 3.8) is 0 Å². The molecule has 140 valence electrons. The predicted octanol–water partition coefficient (Wildman–Crippen LogP) is 2.20. The van der Waals surface area contributed by atoms with Gasteiger partial charge in [0.05, 0.1) is 5.92 Å². The van der Waals surface area contributed by atoms with Gasteiger partial charge in [-0.05, 0) is 38.7 Å². The van der Waals surface area contributed by atoms with Crippen molar-refractivity contribution in [2.45, 2.75) is 51.0 Å². The van der Waals surface area contributed by atoms with E-state index >= 15 is 0 Å². The zero-order valence-electron chi connectivity index (χ0n) is 15.1. The SMILES string of the molecule is CCn1nccc1C(=O)N1CCCC(c2nc(C3CCOCC3)no2)C1. The second kappa shape index (κ2) is 7.57. The minimum atomic E-state index is 0.0261. The van der Waals surface area contributed by atoms with Crippen molar-refractivity contribution in [3.8, 4) is 0 Å². The Morgan fingerprint density at radius 3 is 2.92 bits per heavy atom. The highest BCUT2D eigenvalue weighted by Crippen LogP contribution is 2.30. The minimum absolute atomic E-state index is 0.0261. The molecule has 26 heavy (non-hydrogen) atoms. The van der Waals surface area contributed by atoms with Crippen LogP contribution in [-0.4, -0.2) is 57.0 Å². The molecule has 2 aliphatic heterocycles. The summed E-state index contributed by atoms with van der Waals surface area (Å²) in [5, 5.41) is 8.40. The van der Waals surface area contributed by atoms with Crippen molar-refractivity contribution >= 4 is 5.91 Å². The van der Waals surface area contributed by atoms with E-state index in [1.54, 1.807) is 16.9 Å². The van der Waals surface area contributed by atoms with E-state index in [9.17, 15) is 4.79 Å². The molecule has 2 saturated heterocycles. The number of carbonyl (C=O) groups excluding carboxylic acids is 1. The highest BCUT2D eigenvalue weighted by molar-refractivity contribution is 5.92. The second-order valence-electron chi connectivity index (χ2n) is 7.00. The Labute approximate surface area is 152 Å². The van der Waals surface area contributed by atoms with Crippen LogP contribution in [0.1, 0.15) is 66.6 Å². The number of ether oxygens (including phenoxy) is 1. The molecule has 1 unspecified atom stereocenters. The molecule has 1 amide bonds. The Morgan fingerprint density at radius 2 is 2.12 bits per heavy atom. The van der Waals surface area contributed by atoms with E-state index in [0.717, 1.165) is 51.3 Å². The van der Waals surface area contributed by atoms with E-state index in [4.69, 9.17) is 9.26 Å². The van der Waals surface area contributed by atoms with Crippen molar-refractivity contribution in [2.24, 2.45) is 0 Å². The van der Waals surface area contributed by atoms with Gasteiger partial charge >= 0.3 is 0 Å². The molecule has 0 radical (unpaired) electrons. The first-order valence-electron chi connectivity index (χ1n) is 9.48. The van der Waals surface area contributed by atoms with Crippen LogP contribution in [-0.2, 0) is 11.3 Å². The van der Waals surface area contributed by atoms with Gasteiger partial charge in [0.25, 0.3) is 5.91 Å². The lowest BCUT2D eigenvalue weighted by molar-refractivity contribution is 0.0683. The quantitative estimate of drug-likeness (QED) is 0.832. The number of carbonyl (C=O) groups is 1. The van der Waals surface area contributed by atoms with Crippen LogP contribution in [0.15, 0.2) is 16.8 Å². The summed E-state index contributed by atoms with van der Waals surface area (Å²) in [7, 11) is 0. The summed E-state index contributed by atoms with van der Waals surface area (Å²) >= 11 is 0. The number of likely N-dealkylation sites (tertiary alicyclic amines) is 1. The fourth-order valence-electron chi connectivity index (χ4n) is 3.83. The molecule has 2 fully saturated rings.